The number of methoxy groups -OCH3 is 2. The zero-order chi connectivity index (χ0) is 19.8. The fourth-order valence-corrected chi connectivity index (χ4v) is 2.25. The number of rotatable bonds is 8. The van der Waals surface area contributed by atoms with Gasteiger partial charge in [-0.3, -0.25) is 25.3 Å². The molecule has 0 saturated carbocycles. The van der Waals surface area contributed by atoms with E-state index >= 15 is 0 Å². The van der Waals surface area contributed by atoms with Crippen LogP contribution in [0.1, 0.15) is 29.0 Å². The lowest BCUT2D eigenvalue weighted by Gasteiger charge is -2.14. The van der Waals surface area contributed by atoms with Crippen LogP contribution < -0.4 is 20.3 Å². The standard InChI is InChI=1S/C17H23N5O5/c1-5-14-18-16(27-21-14)10-22(2)9-15(23)19-20-17(24)11-6-7-12(25-3)13(8-11)26-4/h6-8H,5,9-10H2,1-4H3,(H,19,23)(H,20,24). The van der Waals surface area contributed by atoms with E-state index < -0.39 is 5.91 Å². The van der Waals surface area contributed by atoms with Crippen LogP contribution in [0.15, 0.2) is 22.7 Å². The van der Waals surface area contributed by atoms with E-state index in [2.05, 4.69) is 21.0 Å². The largest absolute Gasteiger partial charge is 0.493 e. The summed E-state index contributed by atoms with van der Waals surface area (Å²) in [7, 11) is 4.71. The minimum Gasteiger partial charge on any atom is -0.493 e. The molecule has 1 aromatic heterocycles. The van der Waals surface area contributed by atoms with Gasteiger partial charge in [-0.05, 0) is 25.2 Å². The number of hydrogen-bond acceptors (Lipinski definition) is 8. The summed E-state index contributed by atoms with van der Waals surface area (Å²) in [5.74, 6) is 1.11. The van der Waals surface area contributed by atoms with Gasteiger partial charge in [-0.2, -0.15) is 4.98 Å². The number of nitrogens with one attached hydrogen (secondary N) is 2. The van der Waals surface area contributed by atoms with Crippen molar-refractivity contribution in [1.29, 1.82) is 0 Å². The molecular weight excluding hydrogens is 354 g/mol. The van der Waals surface area contributed by atoms with Gasteiger partial charge in [0.25, 0.3) is 11.8 Å². The number of ether oxygens (including phenoxy) is 2. The van der Waals surface area contributed by atoms with Crippen molar-refractivity contribution in [3.63, 3.8) is 0 Å². The number of likely N-dealkylation sites (N-methyl/N-ethyl adjacent to an activating group) is 1. The van der Waals surface area contributed by atoms with Gasteiger partial charge in [0.05, 0.1) is 27.3 Å². The van der Waals surface area contributed by atoms with Gasteiger partial charge in [0, 0.05) is 12.0 Å². The average Bonchev–Trinajstić information content (AvgIpc) is 3.12. The Kier molecular flexibility index (Phi) is 7.12. The zero-order valence-corrected chi connectivity index (χ0v) is 15.7. The maximum absolute atomic E-state index is 12.2. The van der Waals surface area contributed by atoms with Crippen LogP contribution in [0.2, 0.25) is 0 Å². The van der Waals surface area contributed by atoms with Crippen molar-refractivity contribution >= 4 is 11.8 Å². The third-order valence-electron chi connectivity index (χ3n) is 3.61. The van der Waals surface area contributed by atoms with Crippen molar-refractivity contribution in [2.24, 2.45) is 0 Å². The molecule has 1 aromatic carbocycles. The van der Waals surface area contributed by atoms with Gasteiger partial charge in [0.15, 0.2) is 17.3 Å². The molecule has 0 radical (unpaired) electrons. The number of benzene rings is 1. The second-order valence-corrected chi connectivity index (χ2v) is 5.70. The maximum Gasteiger partial charge on any atom is 0.269 e. The second-order valence-electron chi connectivity index (χ2n) is 5.70. The first kappa shape index (κ1) is 20.2. The van der Waals surface area contributed by atoms with E-state index in [-0.39, 0.29) is 12.5 Å². The molecule has 2 rings (SSSR count). The number of hydrazine groups is 1. The zero-order valence-electron chi connectivity index (χ0n) is 15.7. The lowest BCUT2D eigenvalue weighted by Crippen LogP contribution is -2.45. The fraction of sp³-hybridized carbons (Fsp3) is 0.412. The summed E-state index contributed by atoms with van der Waals surface area (Å²) in [6, 6.07) is 4.70. The van der Waals surface area contributed by atoms with Crippen molar-refractivity contribution in [2.75, 3.05) is 27.8 Å². The van der Waals surface area contributed by atoms with Crippen molar-refractivity contribution in [1.82, 2.24) is 25.9 Å². The maximum atomic E-state index is 12.2. The lowest BCUT2D eigenvalue weighted by molar-refractivity contribution is -0.122. The molecule has 2 N–H and O–H groups in total. The van der Waals surface area contributed by atoms with E-state index in [1.54, 1.807) is 24.1 Å². The Labute approximate surface area is 156 Å². The number of aryl methyl sites for hydroxylation is 1. The quantitative estimate of drug-likeness (QED) is 0.640. The van der Waals surface area contributed by atoms with Gasteiger partial charge in [-0.25, -0.2) is 0 Å². The highest BCUT2D eigenvalue weighted by atomic mass is 16.5. The molecular formula is C17H23N5O5. The first-order valence-electron chi connectivity index (χ1n) is 8.28. The summed E-state index contributed by atoms with van der Waals surface area (Å²) in [6.45, 7) is 2.28. The van der Waals surface area contributed by atoms with E-state index in [1.807, 2.05) is 6.92 Å². The van der Waals surface area contributed by atoms with Gasteiger partial charge < -0.3 is 14.0 Å². The Balaban J connectivity index is 1.82. The summed E-state index contributed by atoms with van der Waals surface area (Å²) >= 11 is 0. The molecule has 0 saturated heterocycles. The highest BCUT2D eigenvalue weighted by Gasteiger charge is 2.14. The van der Waals surface area contributed by atoms with Crippen molar-refractivity contribution in [3.05, 3.63) is 35.5 Å². The normalized spacial score (nSPS) is 10.6. The Hall–Kier alpha value is -3.14. The lowest BCUT2D eigenvalue weighted by atomic mass is 10.2. The molecule has 0 fully saturated rings. The Morgan fingerprint density at radius 2 is 1.93 bits per heavy atom. The van der Waals surface area contributed by atoms with Gasteiger partial charge >= 0.3 is 0 Å². The van der Waals surface area contributed by atoms with Crippen LogP contribution in [0.4, 0.5) is 0 Å². The smallest absolute Gasteiger partial charge is 0.269 e. The van der Waals surface area contributed by atoms with Gasteiger partial charge in [-0.15, -0.1) is 0 Å². The van der Waals surface area contributed by atoms with E-state index in [1.165, 1.54) is 20.3 Å². The highest BCUT2D eigenvalue weighted by molar-refractivity contribution is 5.96. The topological polar surface area (TPSA) is 119 Å². The minimum atomic E-state index is -0.476. The third kappa shape index (κ3) is 5.68. The van der Waals surface area contributed by atoms with Crippen LogP contribution in [-0.2, 0) is 17.8 Å². The molecule has 10 nitrogen and oxygen atoms in total. The van der Waals surface area contributed by atoms with E-state index in [0.29, 0.717) is 41.7 Å². The van der Waals surface area contributed by atoms with E-state index in [9.17, 15) is 9.59 Å². The minimum absolute atomic E-state index is 0.0377. The molecule has 146 valence electrons. The van der Waals surface area contributed by atoms with Crippen molar-refractivity contribution in [2.45, 2.75) is 19.9 Å². The SMILES string of the molecule is CCc1noc(CN(C)CC(=O)NNC(=O)c2ccc(OC)c(OC)c2)n1. The van der Waals surface area contributed by atoms with Crippen molar-refractivity contribution < 1.29 is 23.6 Å². The molecule has 0 aliphatic rings. The monoisotopic (exact) mass is 377 g/mol. The number of nitrogens with zero attached hydrogens (tertiary/aromatic N) is 3. The van der Waals surface area contributed by atoms with Gasteiger partial charge in [0.1, 0.15) is 0 Å². The number of carbonyl (C=O) groups is 2. The molecule has 0 atom stereocenters. The van der Waals surface area contributed by atoms with Crippen LogP contribution in [0, 0.1) is 0 Å². The van der Waals surface area contributed by atoms with Crippen LogP contribution in [-0.4, -0.2) is 54.7 Å². The summed E-state index contributed by atoms with van der Waals surface area (Å²) < 4.78 is 15.4. The van der Waals surface area contributed by atoms with Crippen LogP contribution in [0.25, 0.3) is 0 Å². The van der Waals surface area contributed by atoms with Crippen LogP contribution >= 0.6 is 0 Å². The first-order chi connectivity index (χ1) is 13.0. The molecule has 1 heterocycles. The Morgan fingerprint density at radius 1 is 1.19 bits per heavy atom. The highest BCUT2D eigenvalue weighted by Crippen LogP contribution is 2.27. The van der Waals surface area contributed by atoms with Gasteiger partial charge in [0.2, 0.25) is 5.89 Å². The predicted octanol–water partition coefficient (Wildman–Crippen LogP) is 0.542. The molecule has 0 aliphatic carbocycles. The summed E-state index contributed by atoms with van der Waals surface area (Å²) in [5.41, 5.74) is 5.04. The van der Waals surface area contributed by atoms with E-state index in [4.69, 9.17) is 14.0 Å². The van der Waals surface area contributed by atoms with Crippen LogP contribution in [0.5, 0.6) is 11.5 Å². The van der Waals surface area contributed by atoms with E-state index in [0.717, 1.165) is 0 Å². The predicted molar refractivity (Wildman–Crippen MR) is 95.2 cm³/mol. The number of carbonyl (C=O) groups excluding carboxylic acids is 2. The summed E-state index contributed by atoms with van der Waals surface area (Å²) in [5, 5.41) is 3.80. The number of hydrogen-bond donors (Lipinski definition) is 2. The first-order valence-corrected chi connectivity index (χ1v) is 8.28. The molecule has 0 bridgehead atoms. The Morgan fingerprint density at radius 3 is 2.56 bits per heavy atom. The molecule has 0 aliphatic heterocycles. The molecule has 0 unspecified atom stereocenters. The molecule has 10 heteroatoms. The summed E-state index contributed by atoms with van der Waals surface area (Å²) in [6.07, 6.45) is 0.676. The summed E-state index contributed by atoms with van der Waals surface area (Å²) in [4.78, 5) is 30.0. The fourth-order valence-electron chi connectivity index (χ4n) is 2.25. The molecule has 2 aromatic rings. The second kappa shape index (κ2) is 9.53. The molecule has 2 amide bonds. The molecule has 27 heavy (non-hydrogen) atoms. The number of aromatic nitrogens is 2. The van der Waals surface area contributed by atoms with Gasteiger partial charge in [-0.1, -0.05) is 12.1 Å². The third-order valence-corrected chi connectivity index (χ3v) is 3.61. The number of amides is 2. The molecule has 0 spiro atoms. The Bertz CT molecular complexity index is 792. The average molecular weight is 377 g/mol. The van der Waals surface area contributed by atoms with Crippen molar-refractivity contribution in [3.8, 4) is 11.5 Å². The van der Waals surface area contributed by atoms with Crippen LogP contribution in [0.3, 0.4) is 0 Å².